The van der Waals surface area contributed by atoms with E-state index in [4.69, 9.17) is 4.74 Å². The quantitative estimate of drug-likeness (QED) is 0.497. The number of hydrogen-bond donors (Lipinski definition) is 0. The fraction of sp³-hybridized carbons (Fsp3) is 0.250. The van der Waals surface area contributed by atoms with E-state index in [1.165, 1.54) is 22.4 Å². The van der Waals surface area contributed by atoms with Crippen LogP contribution in [0.15, 0.2) is 79.5 Å². The Hall–Kier alpha value is -2.78. The molecule has 0 amide bonds. The van der Waals surface area contributed by atoms with Gasteiger partial charge in [0.1, 0.15) is 5.75 Å². The van der Waals surface area contributed by atoms with Crippen LogP contribution in [0.2, 0.25) is 0 Å². The first-order chi connectivity index (χ1) is 13.2. The van der Waals surface area contributed by atoms with Crippen LogP contribution in [0.5, 0.6) is 5.75 Å². The summed E-state index contributed by atoms with van der Waals surface area (Å²) in [6.45, 7) is 9.52. The van der Waals surface area contributed by atoms with E-state index in [0.29, 0.717) is 0 Å². The smallest absolute Gasteiger partial charge is 0.119 e. The number of rotatable bonds is 9. The van der Waals surface area contributed by atoms with E-state index in [1.807, 2.05) is 18.2 Å². The van der Waals surface area contributed by atoms with Crippen molar-refractivity contribution in [3.05, 3.63) is 102 Å². The minimum absolute atomic E-state index is 0.840. The second-order valence-corrected chi connectivity index (χ2v) is 6.92. The molecule has 0 aliphatic heterocycles. The van der Waals surface area contributed by atoms with Crippen LogP contribution < -0.4 is 4.74 Å². The lowest BCUT2D eigenvalue weighted by Crippen LogP contribution is -2.24. The summed E-state index contributed by atoms with van der Waals surface area (Å²) in [4.78, 5) is 2.39. The Labute approximate surface area is 162 Å². The molecule has 0 aliphatic rings. The van der Waals surface area contributed by atoms with Crippen molar-refractivity contribution in [2.75, 3.05) is 13.7 Å². The van der Waals surface area contributed by atoms with Gasteiger partial charge in [0.05, 0.1) is 7.11 Å². The van der Waals surface area contributed by atoms with E-state index in [1.54, 1.807) is 7.11 Å². The summed E-state index contributed by atoms with van der Waals surface area (Å²) >= 11 is 0. The van der Waals surface area contributed by atoms with Crippen LogP contribution in [-0.2, 0) is 19.6 Å². The molecule has 3 heteroatoms. The highest BCUT2D eigenvalue weighted by Gasteiger charge is 2.10. The molecule has 0 unspecified atom stereocenters. The number of aryl methyl sites for hydroxylation is 1. The van der Waals surface area contributed by atoms with Crippen LogP contribution >= 0.6 is 0 Å². The Balaban J connectivity index is 1.72. The van der Waals surface area contributed by atoms with Crippen molar-refractivity contribution in [1.82, 2.24) is 9.47 Å². The lowest BCUT2D eigenvalue weighted by Gasteiger charge is -2.22. The highest BCUT2D eigenvalue weighted by atomic mass is 16.5. The first-order valence-corrected chi connectivity index (χ1v) is 9.33. The summed E-state index contributed by atoms with van der Waals surface area (Å²) in [7, 11) is 1.71. The molecule has 0 aliphatic carbocycles. The maximum absolute atomic E-state index is 5.35. The van der Waals surface area contributed by atoms with Crippen molar-refractivity contribution in [1.29, 1.82) is 0 Å². The van der Waals surface area contributed by atoms with Crippen LogP contribution in [0.3, 0.4) is 0 Å². The van der Waals surface area contributed by atoms with Crippen LogP contribution in [0, 0.1) is 6.92 Å². The van der Waals surface area contributed by atoms with Gasteiger partial charge in [-0.25, -0.2) is 0 Å². The third-order valence-electron chi connectivity index (χ3n) is 4.71. The van der Waals surface area contributed by atoms with Crippen molar-refractivity contribution in [2.45, 2.75) is 26.6 Å². The molecule has 0 fully saturated rings. The monoisotopic (exact) mass is 360 g/mol. The highest BCUT2D eigenvalue weighted by molar-refractivity contribution is 5.28. The van der Waals surface area contributed by atoms with Gasteiger partial charge in [0, 0.05) is 38.1 Å². The maximum atomic E-state index is 5.35. The molecule has 0 spiro atoms. The first-order valence-electron chi connectivity index (χ1n) is 9.33. The largest absolute Gasteiger partial charge is 0.497 e. The van der Waals surface area contributed by atoms with Gasteiger partial charge in [-0.3, -0.25) is 4.90 Å². The molecule has 3 nitrogen and oxygen atoms in total. The fourth-order valence-corrected chi connectivity index (χ4v) is 3.26. The topological polar surface area (TPSA) is 17.4 Å². The molecular weight excluding hydrogens is 332 g/mol. The normalized spacial score (nSPS) is 10.9. The average Bonchev–Trinajstić information content (AvgIpc) is 3.10. The molecule has 27 heavy (non-hydrogen) atoms. The molecule has 0 bridgehead atoms. The predicted molar refractivity (Wildman–Crippen MR) is 112 cm³/mol. The Morgan fingerprint density at radius 2 is 1.81 bits per heavy atom. The average molecular weight is 361 g/mol. The molecule has 0 saturated heterocycles. The van der Waals surface area contributed by atoms with Crippen molar-refractivity contribution in [3.63, 3.8) is 0 Å². The summed E-state index contributed by atoms with van der Waals surface area (Å²) in [6.07, 6.45) is 4.13. The van der Waals surface area contributed by atoms with Crippen molar-refractivity contribution in [3.8, 4) is 5.75 Å². The number of ether oxygens (including phenoxy) is 1. The molecule has 0 saturated carbocycles. The van der Waals surface area contributed by atoms with Crippen molar-refractivity contribution < 1.29 is 4.74 Å². The van der Waals surface area contributed by atoms with Crippen LogP contribution in [-0.4, -0.2) is 23.1 Å². The second kappa shape index (κ2) is 9.24. The van der Waals surface area contributed by atoms with Gasteiger partial charge in [-0.05, 0) is 42.3 Å². The molecule has 140 valence electrons. The Kier molecular flexibility index (Phi) is 6.50. The number of hydrogen-bond acceptors (Lipinski definition) is 2. The SMILES string of the molecule is C=CCN(Cc1cccc(OC)c1)Cc1cccn1Cc1ccc(C)cc1. The molecule has 2 aromatic carbocycles. The van der Waals surface area contributed by atoms with Gasteiger partial charge >= 0.3 is 0 Å². The minimum Gasteiger partial charge on any atom is -0.497 e. The van der Waals surface area contributed by atoms with E-state index in [9.17, 15) is 0 Å². The molecule has 1 heterocycles. The molecule has 1 aromatic heterocycles. The zero-order valence-electron chi connectivity index (χ0n) is 16.3. The number of methoxy groups -OCH3 is 1. The summed E-state index contributed by atoms with van der Waals surface area (Å²) in [6, 6.07) is 21.3. The lowest BCUT2D eigenvalue weighted by molar-refractivity contribution is 0.278. The molecular formula is C24H28N2O. The third-order valence-corrected chi connectivity index (χ3v) is 4.71. The summed E-state index contributed by atoms with van der Waals surface area (Å²) in [5, 5.41) is 0. The Morgan fingerprint density at radius 1 is 1.00 bits per heavy atom. The summed E-state index contributed by atoms with van der Waals surface area (Å²) in [5.41, 5.74) is 5.16. The van der Waals surface area contributed by atoms with E-state index in [2.05, 4.69) is 77.7 Å². The summed E-state index contributed by atoms with van der Waals surface area (Å²) in [5.74, 6) is 0.897. The number of nitrogens with zero attached hydrogens (tertiary/aromatic N) is 2. The third kappa shape index (κ3) is 5.35. The number of aromatic nitrogens is 1. The van der Waals surface area contributed by atoms with Crippen molar-refractivity contribution >= 4 is 0 Å². The molecule has 3 rings (SSSR count). The van der Waals surface area contributed by atoms with Gasteiger partial charge < -0.3 is 9.30 Å². The zero-order valence-corrected chi connectivity index (χ0v) is 16.3. The van der Waals surface area contributed by atoms with Gasteiger partial charge in [-0.2, -0.15) is 0 Å². The van der Waals surface area contributed by atoms with Gasteiger partial charge in [0.25, 0.3) is 0 Å². The van der Waals surface area contributed by atoms with Gasteiger partial charge in [0.2, 0.25) is 0 Å². The standard InChI is InChI=1S/C24H28N2O/c1-4-14-25(17-22-7-5-9-24(16-22)27-3)19-23-8-6-15-26(23)18-21-12-10-20(2)11-13-21/h4-13,15-16H,1,14,17-19H2,2-3H3. The van der Waals surface area contributed by atoms with E-state index in [-0.39, 0.29) is 0 Å². The predicted octanol–water partition coefficient (Wildman–Crippen LogP) is 5.04. The maximum Gasteiger partial charge on any atom is 0.119 e. The van der Waals surface area contributed by atoms with Crippen LogP contribution in [0.25, 0.3) is 0 Å². The van der Waals surface area contributed by atoms with Gasteiger partial charge in [-0.15, -0.1) is 6.58 Å². The first kappa shape index (κ1) is 19.0. The van der Waals surface area contributed by atoms with Gasteiger partial charge in [-0.1, -0.05) is 48.0 Å². The van der Waals surface area contributed by atoms with E-state index >= 15 is 0 Å². The molecule has 3 aromatic rings. The number of benzene rings is 2. The van der Waals surface area contributed by atoms with Crippen LogP contribution in [0.1, 0.15) is 22.4 Å². The molecule has 0 N–H and O–H groups in total. The van der Waals surface area contributed by atoms with E-state index in [0.717, 1.165) is 31.9 Å². The Bertz CT molecular complexity index is 864. The minimum atomic E-state index is 0.840. The highest BCUT2D eigenvalue weighted by Crippen LogP contribution is 2.17. The lowest BCUT2D eigenvalue weighted by atomic mass is 10.1. The second-order valence-electron chi connectivity index (χ2n) is 6.92. The Morgan fingerprint density at radius 3 is 2.56 bits per heavy atom. The van der Waals surface area contributed by atoms with E-state index < -0.39 is 0 Å². The van der Waals surface area contributed by atoms with Crippen LogP contribution in [0.4, 0.5) is 0 Å². The van der Waals surface area contributed by atoms with Crippen molar-refractivity contribution in [2.24, 2.45) is 0 Å². The molecule has 0 radical (unpaired) electrons. The summed E-state index contributed by atoms with van der Waals surface area (Å²) < 4.78 is 7.68. The fourth-order valence-electron chi connectivity index (χ4n) is 3.26. The van der Waals surface area contributed by atoms with Gasteiger partial charge in [0.15, 0.2) is 0 Å². The zero-order chi connectivity index (χ0) is 19.1. The molecule has 0 atom stereocenters.